The lowest BCUT2D eigenvalue weighted by Crippen LogP contribution is -2.25. The lowest BCUT2D eigenvalue weighted by molar-refractivity contribution is 0.102. The van der Waals surface area contributed by atoms with Gasteiger partial charge in [-0.15, -0.1) is 12.4 Å². The second-order valence-corrected chi connectivity index (χ2v) is 5.20. The molecule has 0 spiro atoms. The standard InChI is InChI=1S/C15H18N6O2.ClH/c1-16-15(23)19-10-4-2-3-9(7-10)18-14(22)13-11-8-17-6-5-12(11)20-21-13;/h2-4,7,17H,5-6,8H2,1H3,(H,18,22)(H,20,21)(H2,16,19,23);1H. The summed E-state index contributed by atoms with van der Waals surface area (Å²) in [6, 6.07) is 6.61. The number of nitrogens with zero attached hydrogens (tertiary/aromatic N) is 1. The molecular weight excluding hydrogens is 332 g/mol. The summed E-state index contributed by atoms with van der Waals surface area (Å²) in [6.45, 7) is 1.51. The minimum atomic E-state index is -0.319. The number of halogens is 1. The summed E-state index contributed by atoms with van der Waals surface area (Å²) >= 11 is 0. The number of fused-ring (bicyclic) bond motifs is 1. The van der Waals surface area contributed by atoms with Gasteiger partial charge in [-0.05, 0) is 18.2 Å². The molecule has 0 saturated carbocycles. The first kappa shape index (κ1) is 17.8. The van der Waals surface area contributed by atoms with Crippen molar-refractivity contribution in [1.82, 2.24) is 20.8 Å². The Hall–Kier alpha value is -2.58. The third kappa shape index (κ3) is 3.84. The largest absolute Gasteiger partial charge is 0.341 e. The van der Waals surface area contributed by atoms with E-state index in [1.165, 1.54) is 7.05 Å². The van der Waals surface area contributed by atoms with Crippen LogP contribution in [0.5, 0.6) is 0 Å². The zero-order valence-electron chi connectivity index (χ0n) is 13.1. The van der Waals surface area contributed by atoms with E-state index in [4.69, 9.17) is 0 Å². The van der Waals surface area contributed by atoms with E-state index < -0.39 is 0 Å². The van der Waals surface area contributed by atoms with Gasteiger partial charge in [0.05, 0.1) is 0 Å². The lowest BCUT2D eigenvalue weighted by atomic mass is 10.1. The SMILES string of the molecule is CNC(=O)Nc1cccc(NC(=O)c2n[nH]c3c2CNCC3)c1.Cl. The van der Waals surface area contributed by atoms with E-state index in [1.54, 1.807) is 24.3 Å². The molecule has 3 rings (SSSR count). The van der Waals surface area contributed by atoms with E-state index in [0.29, 0.717) is 23.6 Å². The summed E-state index contributed by atoms with van der Waals surface area (Å²) in [5.41, 5.74) is 3.49. The number of H-pyrrole nitrogens is 1. The van der Waals surface area contributed by atoms with Crippen LogP contribution in [0.25, 0.3) is 0 Å². The van der Waals surface area contributed by atoms with Crippen LogP contribution in [0.3, 0.4) is 0 Å². The molecular formula is C15H19ClN6O2. The predicted molar refractivity (Wildman–Crippen MR) is 93.7 cm³/mol. The van der Waals surface area contributed by atoms with Gasteiger partial charge < -0.3 is 21.3 Å². The number of urea groups is 1. The number of rotatable bonds is 3. The number of amides is 3. The van der Waals surface area contributed by atoms with Gasteiger partial charge in [-0.1, -0.05) is 6.07 Å². The summed E-state index contributed by atoms with van der Waals surface area (Å²) < 4.78 is 0. The minimum absolute atomic E-state index is 0. The lowest BCUT2D eigenvalue weighted by Gasteiger charge is -2.13. The molecule has 128 valence electrons. The van der Waals surface area contributed by atoms with Crippen molar-refractivity contribution in [3.8, 4) is 0 Å². The van der Waals surface area contributed by atoms with Crippen molar-refractivity contribution in [2.75, 3.05) is 24.2 Å². The van der Waals surface area contributed by atoms with Crippen LogP contribution in [0.2, 0.25) is 0 Å². The fourth-order valence-electron chi connectivity index (χ4n) is 2.47. The van der Waals surface area contributed by atoms with Crippen LogP contribution in [0.1, 0.15) is 21.7 Å². The minimum Gasteiger partial charge on any atom is -0.341 e. The van der Waals surface area contributed by atoms with E-state index in [9.17, 15) is 9.59 Å². The number of anilines is 2. The normalized spacial score (nSPS) is 12.5. The molecule has 0 fully saturated rings. The molecule has 0 radical (unpaired) electrons. The summed E-state index contributed by atoms with van der Waals surface area (Å²) in [6.07, 6.45) is 0.834. The van der Waals surface area contributed by atoms with Crippen LogP contribution < -0.4 is 21.3 Å². The molecule has 1 aromatic heterocycles. The summed E-state index contributed by atoms with van der Waals surface area (Å²) in [5, 5.41) is 18.2. The molecule has 0 bridgehead atoms. The number of nitrogens with one attached hydrogen (secondary N) is 5. The van der Waals surface area contributed by atoms with Gasteiger partial charge in [0.1, 0.15) is 0 Å². The van der Waals surface area contributed by atoms with Crippen molar-refractivity contribution < 1.29 is 9.59 Å². The number of aromatic nitrogens is 2. The van der Waals surface area contributed by atoms with E-state index in [1.807, 2.05) is 0 Å². The van der Waals surface area contributed by atoms with Gasteiger partial charge in [-0.3, -0.25) is 9.89 Å². The average Bonchev–Trinajstić information content (AvgIpc) is 2.99. The van der Waals surface area contributed by atoms with Crippen LogP contribution in [-0.4, -0.2) is 35.7 Å². The maximum Gasteiger partial charge on any atom is 0.318 e. The fraction of sp³-hybridized carbons (Fsp3) is 0.267. The maximum atomic E-state index is 12.4. The highest BCUT2D eigenvalue weighted by Crippen LogP contribution is 2.19. The van der Waals surface area contributed by atoms with Gasteiger partial charge >= 0.3 is 6.03 Å². The number of carbonyl (C=O) groups excluding carboxylic acids is 2. The van der Waals surface area contributed by atoms with E-state index in [-0.39, 0.29) is 24.3 Å². The van der Waals surface area contributed by atoms with E-state index in [0.717, 1.165) is 24.2 Å². The van der Waals surface area contributed by atoms with Gasteiger partial charge in [0.2, 0.25) is 0 Å². The van der Waals surface area contributed by atoms with Crippen molar-refractivity contribution in [2.24, 2.45) is 0 Å². The molecule has 3 amide bonds. The van der Waals surface area contributed by atoms with Crippen LogP contribution in [0.4, 0.5) is 16.2 Å². The van der Waals surface area contributed by atoms with Gasteiger partial charge in [-0.25, -0.2) is 4.79 Å². The molecule has 2 heterocycles. The molecule has 8 nitrogen and oxygen atoms in total. The summed E-state index contributed by atoms with van der Waals surface area (Å²) in [5.74, 6) is -0.275. The number of carbonyl (C=O) groups is 2. The number of hydrogen-bond donors (Lipinski definition) is 5. The molecule has 24 heavy (non-hydrogen) atoms. The fourth-order valence-corrected chi connectivity index (χ4v) is 2.47. The first-order valence-electron chi connectivity index (χ1n) is 7.34. The van der Waals surface area contributed by atoms with Crippen LogP contribution in [0.15, 0.2) is 24.3 Å². The Morgan fingerprint density at radius 1 is 1.21 bits per heavy atom. The molecule has 0 atom stereocenters. The van der Waals surface area contributed by atoms with Crippen molar-refractivity contribution in [2.45, 2.75) is 13.0 Å². The first-order chi connectivity index (χ1) is 11.2. The Bertz CT molecular complexity index is 745. The molecule has 1 aliphatic heterocycles. The zero-order valence-corrected chi connectivity index (χ0v) is 13.9. The topological polar surface area (TPSA) is 111 Å². The third-order valence-electron chi connectivity index (χ3n) is 3.63. The highest BCUT2D eigenvalue weighted by Gasteiger charge is 2.21. The number of aromatic amines is 1. The van der Waals surface area contributed by atoms with Gasteiger partial charge in [-0.2, -0.15) is 5.10 Å². The quantitative estimate of drug-likeness (QED) is 0.577. The van der Waals surface area contributed by atoms with Gasteiger partial charge in [0.15, 0.2) is 5.69 Å². The Balaban J connectivity index is 0.00000208. The second-order valence-electron chi connectivity index (χ2n) is 5.20. The van der Waals surface area contributed by atoms with E-state index >= 15 is 0 Å². The van der Waals surface area contributed by atoms with Gasteiger partial charge in [0, 0.05) is 49.2 Å². The van der Waals surface area contributed by atoms with Crippen LogP contribution in [-0.2, 0) is 13.0 Å². The predicted octanol–water partition coefficient (Wildman–Crippen LogP) is 1.48. The van der Waals surface area contributed by atoms with Crippen molar-refractivity contribution >= 4 is 35.7 Å². The van der Waals surface area contributed by atoms with Gasteiger partial charge in [0.25, 0.3) is 5.91 Å². The molecule has 5 N–H and O–H groups in total. The average molecular weight is 351 g/mol. The molecule has 9 heteroatoms. The Morgan fingerprint density at radius 2 is 1.96 bits per heavy atom. The summed E-state index contributed by atoms with van der Waals surface area (Å²) in [4.78, 5) is 23.7. The molecule has 2 aromatic rings. The highest BCUT2D eigenvalue weighted by atomic mass is 35.5. The Labute approximate surface area is 145 Å². The van der Waals surface area contributed by atoms with E-state index in [2.05, 4.69) is 31.5 Å². The Morgan fingerprint density at radius 3 is 2.71 bits per heavy atom. The van der Waals surface area contributed by atoms with Crippen molar-refractivity contribution in [3.05, 3.63) is 41.2 Å². The van der Waals surface area contributed by atoms with Crippen LogP contribution >= 0.6 is 12.4 Å². The molecule has 0 aliphatic carbocycles. The molecule has 1 aliphatic rings. The second kappa shape index (κ2) is 7.80. The zero-order chi connectivity index (χ0) is 16.2. The Kier molecular flexibility index (Phi) is 5.78. The smallest absolute Gasteiger partial charge is 0.318 e. The van der Waals surface area contributed by atoms with Crippen molar-refractivity contribution in [3.63, 3.8) is 0 Å². The van der Waals surface area contributed by atoms with Crippen LogP contribution in [0, 0.1) is 0 Å². The molecule has 0 saturated heterocycles. The van der Waals surface area contributed by atoms with Crippen molar-refractivity contribution in [1.29, 1.82) is 0 Å². The molecule has 0 unspecified atom stereocenters. The monoisotopic (exact) mass is 350 g/mol. The third-order valence-corrected chi connectivity index (χ3v) is 3.63. The molecule has 1 aromatic carbocycles. The summed E-state index contributed by atoms with van der Waals surface area (Å²) in [7, 11) is 1.54. The number of hydrogen-bond acceptors (Lipinski definition) is 4. The highest BCUT2D eigenvalue weighted by molar-refractivity contribution is 6.04. The number of benzene rings is 1. The maximum absolute atomic E-state index is 12.4. The first-order valence-corrected chi connectivity index (χ1v) is 7.34.